The van der Waals surface area contributed by atoms with E-state index in [1.54, 1.807) is 6.20 Å². The van der Waals surface area contributed by atoms with E-state index in [9.17, 15) is 0 Å². The van der Waals surface area contributed by atoms with Crippen LogP contribution in [0.25, 0.3) is 0 Å². The lowest BCUT2D eigenvalue weighted by Gasteiger charge is -2.35. The Bertz CT molecular complexity index is 399. The highest BCUT2D eigenvalue weighted by Gasteiger charge is 2.27. The molecule has 0 aromatic carbocycles. The third-order valence-corrected chi connectivity index (χ3v) is 3.11. The molecule has 1 fully saturated rings. The molecule has 1 atom stereocenters. The number of nitrogens with one attached hydrogen (secondary N) is 1. The largest absolute Gasteiger partial charge is 0.388 e. The fourth-order valence-corrected chi connectivity index (χ4v) is 2.12. The first-order valence-corrected chi connectivity index (χ1v) is 6.12. The Morgan fingerprint density at radius 2 is 2.41 bits per heavy atom. The van der Waals surface area contributed by atoms with Crippen LogP contribution >= 0.6 is 12.2 Å². The minimum Gasteiger partial charge on any atom is -0.388 e. The normalized spacial score (nSPS) is 24.3. The average Bonchev–Trinajstić information content (AvgIpc) is 2.30. The van der Waals surface area contributed by atoms with Gasteiger partial charge in [-0.05, 0) is 31.9 Å². The lowest BCUT2D eigenvalue weighted by atomic mass is 9.94. The van der Waals surface area contributed by atoms with Crippen molar-refractivity contribution in [1.82, 2.24) is 4.98 Å². The van der Waals surface area contributed by atoms with Gasteiger partial charge in [0.2, 0.25) is 0 Å². The molecule has 1 aliphatic heterocycles. The minimum absolute atomic E-state index is 0.00926. The minimum atomic E-state index is -0.00926. The molecule has 1 aromatic heterocycles. The maximum Gasteiger partial charge on any atom is 0.122 e. The molecule has 0 amide bonds. The van der Waals surface area contributed by atoms with Gasteiger partial charge in [-0.1, -0.05) is 12.2 Å². The first kappa shape index (κ1) is 12.3. The van der Waals surface area contributed by atoms with E-state index in [4.69, 9.17) is 22.7 Å². The molecule has 1 aromatic rings. The van der Waals surface area contributed by atoms with Gasteiger partial charge >= 0.3 is 0 Å². The number of hydrogen-bond donors (Lipinski definition) is 2. The SMILES string of the molecule is CC1(Nc2ccc(C(N)=S)nc2)CCCOC1. The Morgan fingerprint density at radius 3 is 2.94 bits per heavy atom. The molecule has 0 saturated carbocycles. The zero-order chi connectivity index (χ0) is 12.3. The van der Waals surface area contributed by atoms with E-state index in [0.29, 0.717) is 10.7 Å². The van der Waals surface area contributed by atoms with Crippen molar-refractivity contribution in [3.8, 4) is 0 Å². The highest BCUT2D eigenvalue weighted by Crippen LogP contribution is 2.23. The highest BCUT2D eigenvalue weighted by atomic mass is 32.1. The smallest absolute Gasteiger partial charge is 0.122 e. The molecule has 0 bridgehead atoms. The predicted molar refractivity (Wildman–Crippen MR) is 72.2 cm³/mol. The van der Waals surface area contributed by atoms with E-state index in [1.807, 2.05) is 12.1 Å². The Kier molecular flexibility index (Phi) is 3.59. The third kappa shape index (κ3) is 3.14. The first-order chi connectivity index (χ1) is 8.09. The zero-order valence-electron chi connectivity index (χ0n) is 9.90. The summed E-state index contributed by atoms with van der Waals surface area (Å²) >= 11 is 4.86. The van der Waals surface area contributed by atoms with Crippen LogP contribution in [0.4, 0.5) is 5.69 Å². The summed E-state index contributed by atoms with van der Waals surface area (Å²) in [7, 11) is 0. The maximum absolute atomic E-state index is 5.50. The van der Waals surface area contributed by atoms with Crippen LogP contribution in [-0.2, 0) is 4.74 Å². The Morgan fingerprint density at radius 1 is 1.59 bits per heavy atom. The van der Waals surface area contributed by atoms with Gasteiger partial charge in [-0.2, -0.15) is 0 Å². The standard InChI is InChI=1S/C12H17N3OS/c1-12(5-2-6-16-8-12)15-9-3-4-10(11(13)17)14-7-9/h3-4,7,15H,2,5-6,8H2,1H3,(H2,13,17). The second-order valence-electron chi connectivity index (χ2n) is 4.64. The van der Waals surface area contributed by atoms with Gasteiger partial charge in [0.25, 0.3) is 0 Å². The molecule has 17 heavy (non-hydrogen) atoms. The third-order valence-electron chi connectivity index (χ3n) is 2.90. The van der Waals surface area contributed by atoms with Gasteiger partial charge in [0.05, 0.1) is 29.7 Å². The topological polar surface area (TPSA) is 60.2 Å². The number of pyridine rings is 1. The van der Waals surface area contributed by atoms with Crippen LogP contribution in [0.1, 0.15) is 25.5 Å². The molecule has 3 N–H and O–H groups in total. The quantitative estimate of drug-likeness (QED) is 0.801. The summed E-state index contributed by atoms with van der Waals surface area (Å²) in [6.07, 6.45) is 3.94. The van der Waals surface area contributed by atoms with E-state index in [-0.39, 0.29) is 5.54 Å². The number of hydrogen-bond acceptors (Lipinski definition) is 4. The zero-order valence-corrected chi connectivity index (χ0v) is 10.7. The molecule has 2 rings (SSSR count). The summed E-state index contributed by atoms with van der Waals surface area (Å²) in [4.78, 5) is 4.53. The average molecular weight is 251 g/mol. The molecule has 5 heteroatoms. The van der Waals surface area contributed by atoms with Crippen molar-refractivity contribution in [3.63, 3.8) is 0 Å². The first-order valence-electron chi connectivity index (χ1n) is 5.71. The van der Waals surface area contributed by atoms with Crippen LogP contribution in [0, 0.1) is 0 Å². The van der Waals surface area contributed by atoms with E-state index in [2.05, 4.69) is 17.2 Å². The summed E-state index contributed by atoms with van der Waals surface area (Å²) in [5.41, 5.74) is 7.11. The molecule has 1 aliphatic rings. The molecule has 0 spiro atoms. The number of nitrogens with zero attached hydrogens (tertiary/aromatic N) is 1. The monoisotopic (exact) mass is 251 g/mol. The van der Waals surface area contributed by atoms with Gasteiger partial charge < -0.3 is 15.8 Å². The molecule has 1 saturated heterocycles. The fraction of sp³-hybridized carbons (Fsp3) is 0.500. The highest BCUT2D eigenvalue weighted by molar-refractivity contribution is 7.80. The second kappa shape index (κ2) is 4.98. The van der Waals surface area contributed by atoms with Crippen molar-refractivity contribution in [2.45, 2.75) is 25.3 Å². The van der Waals surface area contributed by atoms with Crippen LogP contribution in [0.2, 0.25) is 0 Å². The van der Waals surface area contributed by atoms with Gasteiger partial charge in [0.15, 0.2) is 0 Å². The van der Waals surface area contributed by atoms with Crippen LogP contribution in [0.3, 0.4) is 0 Å². The number of anilines is 1. The summed E-state index contributed by atoms with van der Waals surface area (Å²) in [5.74, 6) is 0. The van der Waals surface area contributed by atoms with Crippen LogP contribution < -0.4 is 11.1 Å². The van der Waals surface area contributed by atoms with Crippen molar-refractivity contribution in [2.75, 3.05) is 18.5 Å². The van der Waals surface area contributed by atoms with Gasteiger partial charge in [-0.25, -0.2) is 0 Å². The van der Waals surface area contributed by atoms with E-state index in [1.165, 1.54) is 0 Å². The summed E-state index contributed by atoms with van der Waals surface area (Å²) in [6, 6.07) is 3.78. The van der Waals surface area contributed by atoms with Gasteiger partial charge in [0, 0.05) is 6.61 Å². The van der Waals surface area contributed by atoms with Crippen LogP contribution in [-0.4, -0.2) is 28.7 Å². The molecule has 92 valence electrons. The van der Waals surface area contributed by atoms with Crippen LogP contribution in [0.15, 0.2) is 18.3 Å². The predicted octanol–water partition coefficient (Wildman–Crippen LogP) is 1.70. The van der Waals surface area contributed by atoms with Gasteiger partial charge in [-0.15, -0.1) is 0 Å². The number of nitrogens with two attached hydrogens (primary N) is 1. The lowest BCUT2D eigenvalue weighted by molar-refractivity contribution is 0.0540. The molecule has 2 heterocycles. The van der Waals surface area contributed by atoms with Crippen molar-refractivity contribution in [1.29, 1.82) is 0 Å². The Balaban J connectivity index is 2.05. The Hall–Kier alpha value is -1.20. The van der Waals surface area contributed by atoms with Gasteiger partial charge in [0.1, 0.15) is 4.99 Å². The lowest BCUT2D eigenvalue weighted by Crippen LogP contribution is -2.43. The maximum atomic E-state index is 5.50. The number of aromatic nitrogens is 1. The molecular weight excluding hydrogens is 234 g/mol. The molecule has 0 radical (unpaired) electrons. The Labute approximate surface area is 107 Å². The van der Waals surface area contributed by atoms with E-state index >= 15 is 0 Å². The van der Waals surface area contributed by atoms with Crippen molar-refractivity contribution >= 4 is 22.9 Å². The van der Waals surface area contributed by atoms with Crippen molar-refractivity contribution in [2.24, 2.45) is 5.73 Å². The molecule has 4 nitrogen and oxygen atoms in total. The van der Waals surface area contributed by atoms with E-state index in [0.717, 1.165) is 31.7 Å². The number of ether oxygens (including phenoxy) is 1. The summed E-state index contributed by atoms with van der Waals surface area (Å²) in [6.45, 7) is 3.74. The summed E-state index contributed by atoms with van der Waals surface area (Å²) < 4.78 is 5.50. The van der Waals surface area contributed by atoms with Gasteiger partial charge in [-0.3, -0.25) is 4.98 Å². The van der Waals surface area contributed by atoms with Crippen molar-refractivity contribution < 1.29 is 4.74 Å². The molecule has 0 aliphatic carbocycles. The van der Waals surface area contributed by atoms with Crippen LogP contribution in [0.5, 0.6) is 0 Å². The molecule has 1 unspecified atom stereocenters. The molecular formula is C12H17N3OS. The number of rotatable bonds is 3. The number of thiocarbonyl (C=S) groups is 1. The summed E-state index contributed by atoms with van der Waals surface area (Å²) in [5, 5.41) is 3.45. The van der Waals surface area contributed by atoms with E-state index < -0.39 is 0 Å². The van der Waals surface area contributed by atoms with Crippen molar-refractivity contribution in [3.05, 3.63) is 24.0 Å². The second-order valence-corrected chi connectivity index (χ2v) is 5.08. The fourth-order valence-electron chi connectivity index (χ4n) is 1.99.